The van der Waals surface area contributed by atoms with Gasteiger partial charge in [-0.15, -0.1) is 0 Å². The van der Waals surface area contributed by atoms with Crippen LogP contribution >= 0.6 is 0 Å². The first-order chi connectivity index (χ1) is 14.8. The average molecular weight is 457 g/mol. The minimum atomic E-state index is -2.63. The molecule has 2 aromatic rings. The predicted octanol–water partition coefficient (Wildman–Crippen LogP) is 5.54. The van der Waals surface area contributed by atoms with Gasteiger partial charge in [0.25, 0.3) is 8.32 Å². The van der Waals surface area contributed by atoms with Crippen LogP contribution in [0.2, 0.25) is 23.2 Å². The molecule has 0 fully saturated rings. The summed E-state index contributed by atoms with van der Waals surface area (Å²) in [5.41, 5.74) is 0. The molecule has 0 aliphatic rings. The summed E-state index contributed by atoms with van der Waals surface area (Å²) in [4.78, 5) is 11.5. The molecule has 0 radical (unpaired) electrons. The largest absolute Gasteiger partial charge is 0.411 e. The van der Waals surface area contributed by atoms with Crippen LogP contribution in [0.5, 0.6) is 0 Å². The molecule has 2 rings (SSSR count). The SMILES string of the molecule is CC[Si](CC)(CC)O[C@H](CC=O)CO[Si](c1ccccc1)(c1ccccc1)C(C)(C)C. The summed E-state index contributed by atoms with van der Waals surface area (Å²) in [5.74, 6) is 0. The Kier molecular flexibility index (Phi) is 9.43. The molecule has 0 aliphatic carbocycles. The van der Waals surface area contributed by atoms with Gasteiger partial charge in [0.15, 0.2) is 8.32 Å². The summed E-state index contributed by atoms with van der Waals surface area (Å²) in [6.07, 6.45) is 1.18. The molecule has 0 unspecified atom stereocenters. The van der Waals surface area contributed by atoms with Crippen molar-refractivity contribution in [3.63, 3.8) is 0 Å². The van der Waals surface area contributed by atoms with E-state index < -0.39 is 16.6 Å². The van der Waals surface area contributed by atoms with E-state index in [1.54, 1.807) is 0 Å². The maximum absolute atomic E-state index is 11.5. The van der Waals surface area contributed by atoms with Crippen LogP contribution in [0.25, 0.3) is 0 Å². The topological polar surface area (TPSA) is 35.5 Å². The Morgan fingerprint density at radius 2 is 1.29 bits per heavy atom. The second-order valence-corrected chi connectivity index (χ2v) is 18.4. The van der Waals surface area contributed by atoms with Crippen LogP contribution in [0.15, 0.2) is 60.7 Å². The molecular formula is C26H40O3Si2. The van der Waals surface area contributed by atoms with Crippen molar-refractivity contribution in [2.45, 2.75) is 77.2 Å². The first kappa shape index (κ1) is 25.7. The molecule has 31 heavy (non-hydrogen) atoms. The molecular weight excluding hydrogens is 416 g/mol. The third-order valence-corrected chi connectivity index (χ3v) is 16.3. The van der Waals surface area contributed by atoms with Crippen molar-refractivity contribution in [1.82, 2.24) is 0 Å². The third kappa shape index (κ3) is 5.83. The summed E-state index contributed by atoms with van der Waals surface area (Å²) in [5, 5.41) is 2.42. The van der Waals surface area contributed by atoms with Crippen LogP contribution in [-0.4, -0.2) is 35.6 Å². The van der Waals surface area contributed by atoms with Gasteiger partial charge in [-0.05, 0) is 33.5 Å². The standard InChI is InChI=1S/C26H40O3Si2/c1-7-30(8-2,9-3)29-23(20-21-27)22-28-31(26(4,5)6,24-16-12-10-13-17-24)25-18-14-11-15-19-25/h10-19,21,23H,7-9,20,22H2,1-6H3/t23-/m1/s1. The first-order valence-corrected chi connectivity index (χ1v) is 16.1. The molecule has 0 aromatic heterocycles. The van der Waals surface area contributed by atoms with Crippen molar-refractivity contribution in [2.75, 3.05) is 6.61 Å². The second kappa shape index (κ2) is 11.4. The zero-order valence-electron chi connectivity index (χ0n) is 20.2. The molecule has 0 saturated heterocycles. The Hall–Kier alpha value is -1.54. The number of hydrogen-bond donors (Lipinski definition) is 0. The van der Waals surface area contributed by atoms with Crippen molar-refractivity contribution >= 4 is 33.3 Å². The quantitative estimate of drug-likeness (QED) is 0.311. The number of hydrogen-bond acceptors (Lipinski definition) is 3. The van der Waals surface area contributed by atoms with E-state index in [1.165, 1.54) is 10.4 Å². The summed E-state index contributed by atoms with van der Waals surface area (Å²) in [7, 11) is -4.47. The van der Waals surface area contributed by atoms with E-state index >= 15 is 0 Å². The van der Waals surface area contributed by atoms with E-state index in [0.717, 1.165) is 24.4 Å². The van der Waals surface area contributed by atoms with Gasteiger partial charge in [0.05, 0.1) is 12.7 Å². The molecule has 0 spiro atoms. The van der Waals surface area contributed by atoms with Gasteiger partial charge in [-0.3, -0.25) is 0 Å². The van der Waals surface area contributed by atoms with Gasteiger partial charge in [-0.1, -0.05) is 102 Å². The molecule has 170 valence electrons. The van der Waals surface area contributed by atoms with E-state index in [4.69, 9.17) is 8.85 Å². The van der Waals surface area contributed by atoms with Gasteiger partial charge in [0.1, 0.15) is 6.29 Å². The number of carbonyl (C=O) groups is 1. The normalized spacial score (nSPS) is 13.7. The highest BCUT2D eigenvalue weighted by atomic mass is 28.4. The van der Waals surface area contributed by atoms with Crippen molar-refractivity contribution in [2.24, 2.45) is 0 Å². The Morgan fingerprint density at radius 3 is 1.65 bits per heavy atom. The van der Waals surface area contributed by atoms with Crippen molar-refractivity contribution in [3.05, 3.63) is 60.7 Å². The predicted molar refractivity (Wildman–Crippen MR) is 136 cm³/mol. The highest BCUT2D eigenvalue weighted by Gasteiger charge is 2.50. The maximum Gasteiger partial charge on any atom is 0.261 e. The van der Waals surface area contributed by atoms with Crippen LogP contribution in [0.1, 0.15) is 48.0 Å². The fourth-order valence-electron chi connectivity index (χ4n) is 4.59. The minimum Gasteiger partial charge on any atom is -0.411 e. The van der Waals surface area contributed by atoms with Crippen molar-refractivity contribution in [1.29, 1.82) is 0 Å². The number of aldehydes is 1. The van der Waals surface area contributed by atoms with Gasteiger partial charge in [0, 0.05) is 6.42 Å². The summed E-state index contributed by atoms with van der Waals surface area (Å²) in [6, 6.07) is 24.5. The van der Waals surface area contributed by atoms with E-state index in [2.05, 4.69) is 102 Å². The monoisotopic (exact) mass is 456 g/mol. The number of benzene rings is 2. The van der Waals surface area contributed by atoms with E-state index in [1.807, 2.05) is 0 Å². The van der Waals surface area contributed by atoms with Crippen LogP contribution in [-0.2, 0) is 13.6 Å². The smallest absolute Gasteiger partial charge is 0.261 e. The third-order valence-electron chi connectivity index (χ3n) is 6.61. The van der Waals surface area contributed by atoms with Crippen LogP contribution in [0.4, 0.5) is 0 Å². The molecule has 2 aromatic carbocycles. The van der Waals surface area contributed by atoms with Crippen LogP contribution in [0, 0.1) is 0 Å². The zero-order valence-corrected chi connectivity index (χ0v) is 22.2. The fourth-order valence-corrected chi connectivity index (χ4v) is 12.1. The van der Waals surface area contributed by atoms with Crippen molar-refractivity contribution < 1.29 is 13.6 Å². The van der Waals surface area contributed by atoms with E-state index in [-0.39, 0.29) is 11.1 Å². The first-order valence-electron chi connectivity index (χ1n) is 11.6. The summed E-state index contributed by atoms with van der Waals surface area (Å²) >= 11 is 0. The van der Waals surface area contributed by atoms with E-state index in [9.17, 15) is 4.79 Å². The summed E-state index contributed by atoms with van der Waals surface area (Å²) in [6.45, 7) is 13.9. The molecule has 5 heteroatoms. The average Bonchev–Trinajstić information content (AvgIpc) is 2.78. The molecule has 0 saturated carbocycles. The van der Waals surface area contributed by atoms with Crippen LogP contribution < -0.4 is 10.4 Å². The lowest BCUT2D eigenvalue weighted by Crippen LogP contribution is -2.67. The summed E-state index contributed by atoms with van der Waals surface area (Å²) < 4.78 is 13.7. The Balaban J connectivity index is 2.49. The van der Waals surface area contributed by atoms with Gasteiger partial charge >= 0.3 is 0 Å². The molecule has 0 bridgehead atoms. The molecule has 1 atom stereocenters. The van der Waals surface area contributed by atoms with Crippen molar-refractivity contribution in [3.8, 4) is 0 Å². The molecule has 0 aliphatic heterocycles. The Bertz CT molecular complexity index is 736. The molecule has 0 N–H and O–H groups in total. The van der Waals surface area contributed by atoms with Crippen LogP contribution in [0.3, 0.4) is 0 Å². The fraction of sp³-hybridized carbons (Fsp3) is 0.500. The van der Waals surface area contributed by atoms with Gasteiger partial charge in [-0.2, -0.15) is 0 Å². The molecule has 0 amide bonds. The lowest BCUT2D eigenvalue weighted by molar-refractivity contribution is -0.109. The number of carbonyl (C=O) groups excluding carboxylic acids is 1. The maximum atomic E-state index is 11.5. The lowest BCUT2D eigenvalue weighted by atomic mass is 10.2. The zero-order chi connectivity index (χ0) is 23.0. The highest BCUT2D eigenvalue weighted by Crippen LogP contribution is 2.37. The lowest BCUT2D eigenvalue weighted by Gasteiger charge is -2.44. The minimum absolute atomic E-state index is 0.0871. The van der Waals surface area contributed by atoms with E-state index in [0.29, 0.717) is 13.0 Å². The molecule has 0 heterocycles. The Labute approximate surface area is 191 Å². The van der Waals surface area contributed by atoms with Gasteiger partial charge < -0.3 is 13.6 Å². The van der Waals surface area contributed by atoms with Gasteiger partial charge in [0.2, 0.25) is 0 Å². The van der Waals surface area contributed by atoms with Gasteiger partial charge in [-0.25, -0.2) is 0 Å². The molecule has 3 nitrogen and oxygen atoms in total. The number of rotatable bonds is 12. The highest BCUT2D eigenvalue weighted by molar-refractivity contribution is 6.99. The Morgan fingerprint density at radius 1 is 0.839 bits per heavy atom. The second-order valence-electron chi connectivity index (χ2n) is 9.36.